The summed E-state index contributed by atoms with van der Waals surface area (Å²) in [5.41, 5.74) is -0.757. The average Bonchev–Trinajstić information content (AvgIpc) is 2.84. The molecule has 168 valence electrons. The van der Waals surface area contributed by atoms with Gasteiger partial charge in [-0.2, -0.15) is 0 Å². The zero-order valence-electron chi connectivity index (χ0n) is 17.8. The van der Waals surface area contributed by atoms with Gasteiger partial charge in [0.05, 0.1) is 10.4 Å². The predicted octanol–water partition coefficient (Wildman–Crippen LogP) is 3.07. The van der Waals surface area contributed by atoms with Gasteiger partial charge in [-0.3, -0.25) is 0 Å². The molecule has 0 radical (unpaired) electrons. The van der Waals surface area contributed by atoms with Crippen molar-refractivity contribution >= 4 is 27.8 Å². The number of nitrogens with one attached hydrogen (secondary N) is 3. The second kappa shape index (κ2) is 9.65. The maximum absolute atomic E-state index is 12.4. The van der Waals surface area contributed by atoms with Gasteiger partial charge in [-0.25, -0.2) is 23.1 Å². The lowest BCUT2D eigenvalue weighted by molar-refractivity contribution is 0.0442. The third-order valence-electron chi connectivity index (χ3n) is 4.85. The zero-order chi connectivity index (χ0) is 22.4. The molecule has 0 saturated heterocycles. The first-order valence-electron chi connectivity index (χ1n) is 10.1. The molecular weight excluding hydrogens is 408 g/mol. The quantitative estimate of drug-likeness (QED) is 0.521. The fraction of sp³-hybridized carbons (Fsp3) is 0.600. The lowest BCUT2D eigenvalue weighted by atomic mass is 9.90. The first-order valence-corrected chi connectivity index (χ1v) is 11.6. The minimum Gasteiger partial charge on any atom is -0.444 e. The van der Waals surface area contributed by atoms with Crippen molar-refractivity contribution in [1.82, 2.24) is 10.6 Å². The van der Waals surface area contributed by atoms with E-state index in [2.05, 4.69) is 16.0 Å². The van der Waals surface area contributed by atoms with Gasteiger partial charge in [0, 0.05) is 12.2 Å². The highest BCUT2D eigenvalue weighted by molar-refractivity contribution is 7.89. The molecule has 5 N–H and O–H groups in total. The van der Waals surface area contributed by atoms with Crippen LogP contribution in [0, 0.1) is 0 Å². The number of ether oxygens (including phenoxy) is 1. The second-order valence-corrected chi connectivity index (χ2v) is 10.3. The monoisotopic (exact) mass is 440 g/mol. The highest BCUT2D eigenvalue weighted by Crippen LogP contribution is 2.27. The molecule has 0 unspecified atom stereocenters. The summed E-state index contributed by atoms with van der Waals surface area (Å²) in [5, 5.41) is 13.5. The summed E-state index contributed by atoms with van der Waals surface area (Å²) in [6.07, 6.45) is 5.07. The topological polar surface area (TPSA) is 140 Å². The highest BCUT2D eigenvalue weighted by atomic mass is 32.2. The molecule has 30 heavy (non-hydrogen) atoms. The van der Waals surface area contributed by atoms with Crippen molar-refractivity contribution in [3.05, 3.63) is 24.3 Å². The van der Waals surface area contributed by atoms with Crippen LogP contribution in [-0.4, -0.2) is 38.2 Å². The third kappa shape index (κ3) is 7.83. The Morgan fingerprint density at radius 1 is 1.07 bits per heavy atom. The van der Waals surface area contributed by atoms with Crippen LogP contribution in [-0.2, 0) is 14.8 Å². The van der Waals surface area contributed by atoms with Crippen LogP contribution in [0.5, 0.6) is 0 Å². The molecule has 1 fully saturated rings. The molecule has 0 atom stereocenters. The number of carbonyl (C=O) groups is 2. The van der Waals surface area contributed by atoms with E-state index in [9.17, 15) is 18.0 Å². The summed E-state index contributed by atoms with van der Waals surface area (Å²) in [6, 6.07) is 5.11. The summed E-state index contributed by atoms with van der Waals surface area (Å²) >= 11 is 0. The first kappa shape index (κ1) is 23.9. The van der Waals surface area contributed by atoms with Crippen LogP contribution in [0.2, 0.25) is 0 Å². The van der Waals surface area contributed by atoms with Crippen molar-refractivity contribution in [2.24, 2.45) is 5.14 Å². The maximum Gasteiger partial charge on any atom is 0.408 e. The van der Waals surface area contributed by atoms with Gasteiger partial charge in [0.1, 0.15) is 5.60 Å². The Bertz CT molecular complexity index is 839. The Morgan fingerprint density at radius 3 is 2.13 bits per heavy atom. The Morgan fingerprint density at radius 2 is 1.63 bits per heavy atom. The summed E-state index contributed by atoms with van der Waals surface area (Å²) in [7, 11) is -3.79. The van der Waals surface area contributed by atoms with E-state index in [1.54, 1.807) is 20.8 Å². The number of primary sulfonamides is 1. The lowest BCUT2D eigenvalue weighted by Gasteiger charge is -2.35. The van der Waals surface area contributed by atoms with Crippen LogP contribution in [0.1, 0.15) is 59.3 Å². The minimum absolute atomic E-state index is 0.0348. The van der Waals surface area contributed by atoms with E-state index in [0.29, 0.717) is 5.69 Å². The number of amides is 3. The van der Waals surface area contributed by atoms with E-state index >= 15 is 0 Å². The molecular formula is C20H32N4O5S. The molecule has 1 aliphatic rings. The van der Waals surface area contributed by atoms with Gasteiger partial charge in [-0.1, -0.05) is 25.7 Å². The fourth-order valence-corrected chi connectivity index (χ4v) is 3.94. The summed E-state index contributed by atoms with van der Waals surface area (Å²) in [5.74, 6) is 0. The molecule has 10 heteroatoms. The number of anilines is 1. The number of urea groups is 1. The minimum atomic E-state index is -3.79. The van der Waals surface area contributed by atoms with Crippen molar-refractivity contribution in [3.63, 3.8) is 0 Å². The fourth-order valence-electron chi connectivity index (χ4n) is 3.42. The number of benzene rings is 1. The Kier molecular flexibility index (Phi) is 7.70. The Balaban J connectivity index is 2.00. The number of hydrogen-bond acceptors (Lipinski definition) is 5. The number of hydrogen-bond donors (Lipinski definition) is 4. The van der Waals surface area contributed by atoms with Gasteiger partial charge in [0.2, 0.25) is 10.0 Å². The lowest BCUT2D eigenvalue weighted by Crippen LogP contribution is -2.56. The van der Waals surface area contributed by atoms with Crippen LogP contribution in [0.4, 0.5) is 15.3 Å². The second-order valence-electron chi connectivity index (χ2n) is 8.70. The van der Waals surface area contributed by atoms with E-state index in [1.807, 2.05) is 0 Å². The molecule has 0 spiro atoms. The van der Waals surface area contributed by atoms with Gasteiger partial charge < -0.3 is 20.7 Å². The van der Waals surface area contributed by atoms with Crippen LogP contribution in [0.25, 0.3) is 0 Å². The SMILES string of the molecule is CC(C)(C)OC(=O)NC1(CNC(=O)Nc2ccc(S(N)(=O)=O)cc2)CCCCCC1. The Hall–Kier alpha value is -2.33. The summed E-state index contributed by atoms with van der Waals surface area (Å²) in [6.45, 7) is 5.67. The van der Waals surface area contributed by atoms with Gasteiger partial charge in [0.15, 0.2) is 0 Å². The van der Waals surface area contributed by atoms with Crippen LogP contribution < -0.4 is 21.1 Å². The molecule has 3 amide bonds. The molecule has 0 aromatic heterocycles. The van der Waals surface area contributed by atoms with E-state index in [0.717, 1.165) is 38.5 Å². The average molecular weight is 441 g/mol. The molecule has 1 aromatic carbocycles. The molecule has 0 heterocycles. The van der Waals surface area contributed by atoms with Crippen molar-refractivity contribution in [2.45, 2.75) is 75.3 Å². The number of sulfonamides is 1. The molecule has 9 nitrogen and oxygen atoms in total. The normalized spacial score (nSPS) is 16.8. The molecule has 1 aliphatic carbocycles. The van der Waals surface area contributed by atoms with Crippen molar-refractivity contribution in [1.29, 1.82) is 0 Å². The predicted molar refractivity (Wildman–Crippen MR) is 115 cm³/mol. The number of nitrogens with two attached hydrogens (primary N) is 1. The van der Waals surface area contributed by atoms with E-state index in [-0.39, 0.29) is 11.4 Å². The number of alkyl carbamates (subject to hydrolysis) is 1. The third-order valence-corrected chi connectivity index (χ3v) is 5.78. The first-order chi connectivity index (χ1) is 13.9. The van der Waals surface area contributed by atoms with Crippen LogP contribution in [0.15, 0.2) is 29.2 Å². The molecule has 2 rings (SSSR count). The maximum atomic E-state index is 12.4. The smallest absolute Gasteiger partial charge is 0.408 e. The van der Waals surface area contributed by atoms with E-state index in [1.165, 1.54) is 24.3 Å². The van der Waals surface area contributed by atoms with Gasteiger partial charge in [-0.05, 0) is 57.9 Å². The van der Waals surface area contributed by atoms with Crippen molar-refractivity contribution in [2.75, 3.05) is 11.9 Å². The van der Waals surface area contributed by atoms with Crippen molar-refractivity contribution in [3.8, 4) is 0 Å². The molecule has 1 saturated carbocycles. The van der Waals surface area contributed by atoms with E-state index < -0.39 is 33.3 Å². The van der Waals surface area contributed by atoms with Crippen LogP contribution >= 0.6 is 0 Å². The van der Waals surface area contributed by atoms with Crippen molar-refractivity contribution < 1.29 is 22.7 Å². The van der Waals surface area contributed by atoms with E-state index in [4.69, 9.17) is 9.88 Å². The van der Waals surface area contributed by atoms with Gasteiger partial charge in [0.25, 0.3) is 0 Å². The van der Waals surface area contributed by atoms with Gasteiger partial charge >= 0.3 is 12.1 Å². The Labute approximate surface area is 178 Å². The standard InChI is InChI=1S/C20H32N4O5S/c1-19(2,3)29-18(26)24-20(12-6-4-5-7-13-20)14-22-17(25)23-15-8-10-16(11-9-15)30(21,27)28/h8-11H,4-7,12-14H2,1-3H3,(H,24,26)(H2,21,27,28)(H2,22,23,25). The number of rotatable bonds is 5. The number of carbonyl (C=O) groups excluding carboxylic acids is 2. The zero-order valence-corrected chi connectivity index (χ0v) is 18.6. The molecule has 1 aromatic rings. The summed E-state index contributed by atoms with van der Waals surface area (Å²) < 4.78 is 28.0. The largest absolute Gasteiger partial charge is 0.444 e. The van der Waals surface area contributed by atoms with Crippen LogP contribution in [0.3, 0.4) is 0 Å². The highest BCUT2D eigenvalue weighted by Gasteiger charge is 2.34. The molecule has 0 aliphatic heterocycles. The van der Waals surface area contributed by atoms with Gasteiger partial charge in [-0.15, -0.1) is 0 Å². The molecule has 0 bridgehead atoms. The summed E-state index contributed by atoms with van der Waals surface area (Å²) in [4.78, 5) is 24.7.